The molecule has 1 fully saturated rings. The number of hydrogen-bond donors (Lipinski definition) is 1. The second-order valence-electron chi connectivity index (χ2n) is 5.78. The van der Waals surface area contributed by atoms with E-state index in [-0.39, 0.29) is 11.9 Å². The number of pyridine rings is 1. The van der Waals surface area contributed by atoms with Gasteiger partial charge >= 0.3 is 0 Å². The first-order chi connectivity index (χ1) is 10.6. The maximum absolute atomic E-state index is 12.7. The molecule has 0 aromatic carbocycles. The Balaban J connectivity index is 1.74. The predicted molar refractivity (Wildman–Crippen MR) is 87.6 cm³/mol. The van der Waals surface area contributed by atoms with Crippen LogP contribution in [-0.2, 0) is 0 Å². The van der Waals surface area contributed by atoms with Crippen LogP contribution in [0.3, 0.4) is 0 Å². The van der Waals surface area contributed by atoms with Gasteiger partial charge in [-0.2, -0.15) is 0 Å². The van der Waals surface area contributed by atoms with E-state index in [9.17, 15) is 4.79 Å². The Bertz CT molecular complexity index is 641. The summed E-state index contributed by atoms with van der Waals surface area (Å²) < 4.78 is 0. The molecular formula is C16H20N4OS. The van der Waals surface area contributed by atoms with Crippen LogP contribution in [0.15, 0.2) is 30.7 Å². The Morgan fingerprint density at radius 1 is 1.45 bits per heavy atom. The predicted octanol–water partition coefficient (Wildman–Crippen LogP) is 2.40. The number of rotatable bonds is 3. The lowest BCUT2D eigenvalue weighted by atomic mass is 9.92. The van der Waals surface area contributed by atoms with Crippen molar-refractivity contribution in [2.45, 2.75) is 25.8 Å². The smallest absolute Gasteiger partial charge is 0.265 e. The fourth-order valence-electron chi connectivity index (χ4n) is 2.78. The molecule has 0 bridgehead atoms. The van der Waals surface area contributed by atoms with Crippen molar-refractivity contribution in [3.63, 3.8) is 0 Å². The standard InChI is InChI=1S/C16H20N4OS/c1-11(17)13-3-2-8-20(10-13)16(21)14-9-19-15(22-14)12-4-6-18-7-5-12/h4-7,9,11,13H,2-3,8,10,17H2,1H3/t11-,13-/m0/s1. The summed E-state index contributed by atoms with van der Waals surface area (Å²) in [6.07, 6.45) is 7.27. The average molecular weight is 316 g/mol. The van der Waals surface area contributed by atoms with Crippen LogP contribution in [-0.4, -0.2) is 39.9 Å². The Morgan fingerprint density at radius 2 is 2.23 bits per heavy atom. The molecule has 3 rings (SSSR count). The molecule has 0 radical (unpaired) electrons. The minimum Gasteiger partial charge on any atom is -0.338 e. The zero-order chi connectivity index (χ0) is 15.5. The van der Waals surface area contributed by atoms with E-state index in [1.807, 2.05) is 24.0 Å². The minimum atomic E-state index is 0.0724. The average Bonchev–Trinajstić information content (AvgIpc) is 3.05. The van der Waals surface area contributed by atoms with Crippen molar-refractivity contribution in [2.75, 3.05) is 13.1 Å². The van der Waals surface area contributed by atoms with Gasteiger partial charge in [-0.1, -0.05) is 0 Å². The molecule has 0 aliphatic carbocycles. The topological polar surface area (TPSA) is 72.1 Å². The van der Waals surface area contributed by atoms with Crippen LogP contribution in [0, 0.1) is 5.92 Å². The first-order valence-corrected chi connectivity index (χ1v) is 8.38. The molecule has 6 heteroatoms. The third-order valence-corrected chi connectivity index (χ3v) is 5.17. The Morgan fingerprint density at radius 3 is 2.95 bits per heavy atom. The lowest BCUT2D eigenvalue weighted by Crippen LogP contribution is -2.44. The lowest BCUT2D eigenvalue weighted by Gasteiger charge is -2.34. The molecule has 1 aliphatic heterocycles. The summed E-state index contributed by atoms with van der Waals surface area (Å²) in [5.74, 6) is 0.466. The zero-order valence-electron chi connectivity index (χ0n) is 12.6. The van der Waals surface area contributed by atoms with Gasteiger partial charge in [-0.3, -0.25) is 9.78 Å². The Hall–Kier alpha value is -1.79. The second-order valence-corrected chi connectivity index (χ2v) is 6.81. The quantitative estimate of drug-likeness (QED) is 0.944. The fraction of sp³-hybridized carbons (Fsp3) is 0.438. The highest BCUT2D eigenvalue weighted by molar-refractivity contribution is 7.16. The normalized spacial score (nSPS) is 19.9. The van der Waals surface area contributed by atoms with Crippen molar-refractivity contribution in [2.24, 2.45) is 11.7 Å². The van der Waals surface area contributed by atoms with Crippen LogP contribution in [0.25, 0.3) is 10.6 Å². The first kappa shape index (κ1) is 15.1. The van der Waals surface area contributed by atoms with Gasteiger partial charge in [-0.15, -0.1) is 11.3 Å². The molecule has 0 saturated carbocycles. The van der Waals surface area contributed by atoms with Gasteiger partial charge in [0, 0.05) is 37.1 Å². The fourth-order valence-corrected chi connectivity index (χ4v) is 3.67. The second kappa shape index (κ2) is 6.54. The molecule has 22 heavy (non-hydrogen) atoms. The molecule has 2 aromatic rings. The third-order valence-electron chi connectivity index (χ3n) is 4.13. The molecule has 5 nitrogen and oxygen atoms in total. The molecule has 2 atom stereocenters. The highest BCUT2D eigenvalue weighted by atomic mass is 32.1. The van der Waals surface area contributed by atoms with Crippen molar-refractivity contribution < 1.29 is 4.79 Å². The van der Waals surface area contributed by atoms with Gasteiger partial charge in [0.05, 0.1) is 6.20 Å². The monoisotopic (exact) mass is 316 g/mol. The van der Waals surface area contributed by atoms with E-state index < -0.39 is 0 Å². The van der Waals surface area contributed by atoms with E-state index in [2.05, 4.69) is 9.97 Å². The summed E-state index contributed by atoms with van der Waals surface area (Å²) in [7, 11) is 0. The van der Waals surface area contributed by atoms with Gasteiger partial charge in [0.25, 0.3) is 5.91 Å². The number of hydrogen-bond acceptors (Lipinski definition) is 5. The number of carbonyl (C=O) groups is 1. The number of amides is 1. The van der Waals surface area contributed by atoms with Gasteiger partial charge in [0.15, 0.2) is 0 Å². The summed E-state index contributed by atoms with van der Waals surface area (Å²) in [5.41, 5.74) is 6.99. The van der Waals surface area contributed by atoms with Crippen LogP contribution < -0.4 is 5.73 Å². The van der Waals surface area contributed by atoms with Crippen molar-refractivity contribution in [3.8, 4) is 10.6 Å². The van der Waals surface area contributed by atoms with Gasteiger partial charge in [-0.25, -0.2) is 4.98 Å². The number of nitrogens with zero attached hydrogens (tertiary/aromatic N) is 3. The molecule has 1 aliphatic rings. The summed E-state index contributed by atoms with van der Waals surface area (Å²) in [6, 6.07) is 3.93. The molecule has 0 spiro atoms. The number of nitrogens with two attached hydrogens (primary N) is 1. The number of carbonyl (C=O) groups excluding carboxylic acids is 1. The number of piperidine rings is 1. The zero-order valence-corrected chi connectivity index (χ0v) is 13.4. The maximum Gasteiger partial charge on any atom is 0.265 e. The molecule has 0 unspecified atom stereocenters. The molecule has 116 valence electrons. The van der Waals surface area contributed by atoms with Crippen molar-refractivity contribution in [1.29, 1.82) is 0 Å². The van der Waals surface area contributed by atoms with E-state index >= 15 is 0 Å². The van der Waals surface area contributed by atoms with Crippen LogP contribution in [0.5, 0.6) is 0 Å². The van der Waals surface area contributed by atoms with Crippen molar-refractivity contribution in [1.82, 2.24) is 14.9 Å². The minimum absolute atomic E-state index is 0.0724. The third kappa shape index (κ3) is 3.18. The van der Waals surface area contributed by atoms with Crippen LogP contribution in [0.1, 0.15) is 29.4 Å². The van der Waals surface area contributed by atoms with Crippen molar-refractivity contribution in [3.05, 3.63) is 35.6 Å². The summed E-state index contributed by atoms with van der Waals surface area (Å²) in [5, 5.41) is 0.853. The van der Waals surface area contributed by atoms with E-state index in [0.717, 1.165) is 36.5 Å². The Labute approximate surface area is 134 Å². The number of aromatic nitrogens is 2. The SMILES string of the molecule is C[C@H](N)[C@H]1CCCN(C(=O)c2cnc(-c3ccncc3)s2)C1. The molecule has 1 saturated heterocycles. The van der Waals surface area contributed by atoms with E-state index in [1.165, 1.54) is 11.3 Å². The van der Waals surface area contributed by atoms with Gasteiger partial charge in [0.1, 0.15) is 9.88 Å². The van der Waals surface area contributed by atoms with E-state index in [0.29, 0.717) is 10.8 Å². The first-order valence-electron chi connectivity index (χ1n) is 7.56. The summed E-state index contributed by atoms with van der Waals surface area (Å²) in [4.78, 5) is 23.6. The van der Waals surface area contributed by atoms with Gasteiger partial charge < -0.3 is 10.6 Å². The maximum atomic E-state index is 12.7. The Kier molecular flexibility index (Phi) is 4.49. The molecular weight excluding hydrogens is 296 g/mol. The molecule has 3 heterocycles. The highest BCUT2D eigenvalue weighted by Gasteiger charge is 2.27. The molecule has 2 aromatic heterocycles. The van der Waals surface area contributed by atoms with Crippen LogP contribution >= 0.6 is 11.3 Å². The largest absolute Gasteiger partial charge is 0.338 e. The van der Waals surface area contributed by atoms with E-state index in [1.54, 1.807) is 18.6 Å². The van der Waals surface area contributed by atoms with Gasteiger partial charge in [-0.05, 0) is 37.8 Å². The summed E-state index contributed by atoms with van der Waals surface area (Å²) in [6.45, 7) is 3.58. The van der Waals surface area contributed by atoms with Crippen LogP contribution in [0.4, 0.5) is 0 Å². The van der Waals surface area contributed by atoms with Gasteiger partial charge in [0.2, 0.25) is 0 Å². The summed E-state index contributed by atoms with van der Waals surface area (Å²) >= 11 is 1.44. The lowest BCUT2D eigenvalue weighted by molar-refractivity contribution is 0.0665. The van der Waals surface area contributed by atoms with Crippen molar-refractivity contribution >= 4 is 17.2 Å². The number of likely N-dealkylation sites (tertiary alicyclic amines) is 1. The van der Waals surface area contributed by atoms with Crippen LogP contribution in [0.2, 0.25) is 0 Å². The highest BCUT2D eigenvalue weighted by Crippen LogP contribution is 2.27. The van der Waals surface area contributed by atoms with E-state index in [4.69, 9.17) is 5.73 Å². The number of thiazole rings is 1. The molecule has 1 amide bonds. The molecule has 2 N–H and O–H groups in total.